The molecular weight excluding hydrogens is 317 g/mol. The van der Waals surface area contributed by atoms with Gasteiger partial charge in [-0.1, -0.05) is 33.8 Å². The van der Waals surface area contributed by atoms with Crippen LogP contribution in [0.15, 0.2) is 23.8 Å². The minimum atomic E-state index is -4.37. The molecule has 1 atom stereocenters. The lowest BCUT2D eigenvalue weighted by Crippen LogP contribution is -2.06. The SMILES string of the molecule is CC.CCC(C)/C(C=O)=C\c1cc(C(F)(F)F)ccc1C.COC. The molecule has 0 amide bonds. The zero-order chi connectivity index (χ0) is 19.3. The van der Waals surface area contributed by atoms with Crippen molar-refractivity contribution in [3.05, 3.63) is 40.5 Å². The number of aryl methyl sites for hydroxylation is 1. The van der Waals surface area contributed by atoms with Gasteiger partial charge in [-0.15, -0.1) is 0 Å². The summed E-state index contributed by atoms with van der Waals surface area (Å²) in [5.74, 6) is 0.0337. The van der Waals surface area contributed by atoms with E-state index in [4.69, 9.17) is 0 Å². The number of allylic oxidation sites excluding steroid dienone is 1. The maximum absolute atomic E-state index is 12.7. The summed E-state index contributed by atoms with van der Waals surface area (Å²) in [7, 11) is 3.25. The van der Waals surface area contributed by atoms with E-state index in [9.17, 15) is 18.0 Å². The van der Waals surface area contributed by atoms with Gasteiger partial charge in [-0.2, -0.15) is 13.2 Å². The molecule has 0 saturated heterocycles. The number of hydrogen-bond donors (Lipinski definition) is 0. The summed E-state index contributed by atoms with van der Waals surface area (Å²) >= 11 is 0. The summed E-state index contributed by atoms with van der Waals surface area (Å²) in [6.45, 7) is 9.54. The summed E-state index contributed by atoms with van der Waals surface area (Å²) in [6, 6.07) is 3.56. The van der Waals surface area contributed by atoms with Crippen LogP contribution in [0.3, 0.4) is 0 Å². The van der Waals surface area contributed by atoms with E-state index in [0.717, 1.165) is 24.1 Å². The molecule has 1 rings (SSSR count). The lowest BCUT2D eigenvalue weighted by Gasteiger charge is -2.12. The van der Waals surface area contributed by atoms with Gasteiger partial charge >= 0.3 is 6.18 Å². The molecule has 24 heavy (non-hydrogen) atoms. The Bertz CT molecular complexity index is 506. The lowest BCUT2D eigenvalue weighted by molar-refractivity contribution is -0.137. The Morgan fingerprint density at radius 2 is 1.75 bits per heavy atom. The third kappa shape index (κ3) is 8.87. The second kappa shape index (κ2) is 12.8. The van der Waals surface area contributed by atoms with E-state index in [1.807, 2.05) is 27.7 Å². The molecule has 0 aliphatic heterocycles. The normalized spacial score (nSPS) is 12.3. The van der Waals surface area contributed by atoms with Crippen LogP contribution in [0.2, 0.25) is 0 Å². The molecule has 1 aromatic carbocycles. The molecule has 0 heterocycles. The van der Waals surface area contributed by atoms with Gasteiger partial charge in [0, 0.05) is 14.2 Å². The molecule has 0 bridgehead atoms. The Kier molecular flexibility index (Phi) is 13.1. The number of ether oxygens (including phenoxy) is 1. The quantitative estimate of drug-likeness (QED) is 0.499. The molecule has 138 valence electrons. The van der Waals surface area contributed by atoms with Gasteiger partial charge in [-0.05, 0) is 54.2 Å². The molecule has 5 heteroatoms. The average molecular weight is 346 g/mol. The summed E-state index contributed by atoms with van der Waals surface area (Å²) in [5.41, 5.74) is 0.983. The van der Waals surface area contributed by atoms with Crippen LogP contribution in [0.4, 0.5) is 13.2 Å². The number of rotatable bonds is 4. The number of aldehydes is 1. The highest BCUT2D eigenvalue weighted by Gasteiger charge is 2.30. The smallest absolute Gasteiger partial charge is 0.388 e. The maximum Gasteiger partial charge on any atom is 0.416 e. The Labute approximate surface area is 143 Å². The van der Waals surface area contributed by atoms with Crippen LogP contribution in [-0.2, 0) is 15.7 Å². The van der Waals surface area contributed by atoms with Gasteiger partial charge in [0.15, 0.2) is 0 Å². The van der Waals surface area contributed by atoms with E-state index in [1.54, 1.807) is 27.2 Å². The van der Waals surface area contributed by atoms with Gasteiger partial charge < -0.3 is 4.74 Å². The Morgan fingerprint density at radius 3 is 2.12 bits per heavy atom. The van der Waals surface area contributed by atoms with Gasteiger partial charge in [0.2, 0.25) is 0 Å². The van der Waals surface area contributed by atoms with Crippen LogP contribution in [-0.4, -0.2) is 20.5 Å². The molecule has 1 aromatic rings. The van der Waals surface area contributed by atoms with Crippen molar-refractivity contribution in [3.8, 4) is 0 Å². The summed E-state index contributed by atoms with van der Waals surface area (Å²) in [6.07, 6.45) is -1.34. The first kappa shape index (κ1) is 24.6. The van der Waals surface area contributed by atoms with Gasteiger partial charge in [0.05, 0.1) is 5.56 Å². The third-order valence-corrected chi connectivity index (χ3v) is 3.25. The number of alkyl halides is 3. The number of carbonyl (C=O) groups excluding carboxylic acids is 1. The van der Waals surface area contributed by atoms with Crippen molar-refractivity contribution in [2.45, 2.75) is 47.2 Å². The maximum atomic E-state index is 12.7. The minimum absolute atomic E-state index is 0.0337. The predicted octanol–water partition coefficient (Wildman–Crippen LogP) is 5.93. The fourth-order valence-electron chi connectivity index (χ4n) is 1.68. The van der Waals surface area contributed by atoms with E-state index in [-0.39, 0.29) is 5.92 Å². The fraction of sp³-hybridized carbons (Fsp3) is 0.526. The van der Waals surface area contributed by atoms with Crippen molar-refractivity contribution in [1.29, 1.82) is 0 Å². The van der Waals surface area contributed by atoms with Crippen molar-refractivity contribution in [2.75, 3.05) is 14.2 Å². The van der Waals surface area contributed by atoms with Crippen LogP contribution in [0, 0.1) is 12.8 Å². The molecule has 0 saturated carbocycles. The average Bonchev–Trinajstić information content (AvgIpc) is 2.55. The van der Waals surface area contributed by atoms with E-state index < -0.39 is 11.7 Å². The molecule has 1 unspecified atom stereocenters. The number of methoxy groups -OCH3 is 1. The highest BCUT2D eigenvalue weighted by atomic mass is 19.4. The van der Waals surface area contributed by atoms with E-state index >= 15 is 0 Å². The molecule has 0 fully saturated rings. The number of hydrogen-bond acceptors (Lipinski definition) is 2. The van der Waals surface area contributed by atoms with Crippen LogP contribution >= 0.6 is 0 Å². The molecule has 0 spiro atoms. The van der Waals surface area contributed by atoms with Gasteiger partial charge in [-0.3, -0.25) is 4.79 Å². The highest BCUT2D eigenvalue weighted by molar-refractivity contribution is 5.82. The van der Waals surface area contributed by atoms with E-state index in [1.165, 1.54) is 6.07 Å². The molecule has 0 aliphatic rings. The summed E-state index contributed by atoms with van der Waals surface area (Å²) in [5, 5.41) is 0. The van der Waals surface area contributed by atoms with E-state index in [0.29, 0.717) is 17.4 Å². The molecule has 0 aliphatic carbocycles. The van der Waals surface area contributed by atoms with Crippen LogP contribution in [0.25, 0.3) is 6.08 Å². The fourth-order valence-corrected chi connectivity index (χ4v) is 1.68. The Hall–Kier alpha value is -1.62. The van der Waals surface area contributed by atoms with Crippen molar-refractivity contribution >= 4 is 12.4 Å². The van der Waals surface area contributed by atoms with Gasteiger partial charge in [0.1, 0.15) is 6.29 Å². The van der Waals surface area contributed by atoms with Crippen molar-refractivity contribution < 1.29 is 22.7 Å². The molecular formula is C19H29F3O2. The second-order valence-electron chi connectivity index (χ2n) is 5.05. The topological polar surface area (TPSA) is 26.3 Å². The monoisotopic (exact) mass is 346 g/mol. The summed E-state index contributed by atoms with van der Waals surface area (Å²) in [4.78, 5) is 11.0. The number of benzene rings is 1. The van der Waals surface area contributed by atoms with Crippen LogP contribution in [0.1, 0.15) is 50.8 Å². The largest absolute Gasteiger partial charge is 0.416 e. The van der Waals surface area contributed by atoms with E-state index in [2.05, 4.69) is 4.74 Å². The van der Waals surface area contributed by atoms with Crippen LogP contribution < -0.4 is 0 Å². The second-order valence-corrected chi connectivity index (χ2v) is 5.05. The van der Waals surface area contributed by atoms with Gasteiger partial charge in [0.25, 0.3) is 0 Å². The summed E-state index contributed by atoms with van der Waals surface area (Å²) < 4.78 is 42.2. The Balaban J connectivity index is 0. The van der Waals surface area contributed by atoms with Crippen molar-refractivity contribution in [2.24, 2.45) is 5.92 Å². The van der Waals surface area contributed by atoms with Crippen LogP contribution in [0.5, 0.6) is 0 Å². The zero-order valence-electron chi connectivity index (χ0n) is 15.6. The molecule has 0 aromatic heterocycles. The highest BCUT2D eigenvalue weighted by Crippen LogP contribution is 2.31. The molecule has 0 radical (unpaired) electrons. The van der Waals surface area contributed by atoms with Gasteiger partial charge in [-0.25, -0.2) is 0 Å². The lowest BCUT2D eigenvalue weighted by atomic mass is 9.95. The first-order chi connectivity index (χ1) is 11.2. The number of carbonyl (C=O) groups is 1. The zero-order valence-corrected chi connectivity index (χ0v) is 15.6. The van der Waals surface area contributed by atoms with Crippen molar-refractivity contribution in [3.63, 3.8) is 0 Å². The first-order valence-electron chi connectivity index (χ1n) is 7.95. The first-order valence-corrected chi connectivity index (χ1v) is 7.95. The third-order valence-electron chi connectivity index (χ3n) is 3.25. The minimum Gasteiger partial charge on any atom is -0.388 e. The molecule has 2 nitrogen and oxygen atoms in total. The van der Waals surface area contributed by atoms with Crippen molar-refractivity contribution in [1.82, 2.24) is 0 Å². The predicted molar refractivity (Wildman–Crippen MR) is 94.0 cm³/mol. The standard InChI is InChI=1S/C15H17F3O.C2H6O.C2H6/c1-4-10(2)13(9-19)7-12-8-14(15(16,17)18)6-5-11(12)3;1-3-2;1-2/h5-10H,4H2,1-3H3;1-2H3;1-2H3/b13-7-;;. The molecule has 0 N–H and O–H groups in total. The Morgan fingerprint density at radius 1 is 1.25 bits per heavy atom. The number of halogens is 3.